The third-order valence-electron chi connectivity index (χ3n) is 4.82. The molecule has 0 spiro atoms. The predicted octanol–water partition coefficient (Wildman–Crippen LogP) is 5.06. The predicted molar refractivity (Wildman–Crippen MR) is 122 cm³/mol. The second kappa shape index (κ2) is 8.67. The molecule has 4 rings (SSSR count). The van der Waals surface area contributed by atoms with Crippen molar-refractivity contribution in [1.82, 2.24) is 9.78 Å². The summed E-state index contributed by atoms with van der Waals surface area (Å²) >= 11 is 0. The summed E-state index contributed by atoms with van der Waals surface area (Å²) in [7, 11) is 0. The van der Waals surface area contributed by atoms with Crippen LogP contribution in [0.3, 0.4) is 0 Å². The number of benzene rings is 3. The van der Waals surface area contributed by atoms with Crippen molar-refractivity contribution in [3.63, 3.8) is 0 Å². The van der Waals surface area contributed by atoms with Crippen LogP contribution in [0.5, 0.6) is 0 Å². The van der Waals surface area contributed by atoms with Crippen LogP contribution in [0, 0.1) is 6.92 Å². The smallest absolute Gasteiger partial charge is 0.259 e. The molecule has 3 aromatic carbocycles. The fraction of sp³-hybridized carbons (Fsp3) is 0.0800. The van der Waals surface area contributed by atoms with E-state index < -0.39 is 0 Å². The number of nitrogens with one attached hydrogen (secondary N) is 2. The zero-order valence-electron chi connectivity index (χ0n) is 17.3. The van der Waals surface area contributed by atoms with Gasteiger partial charge in [0, 0.05) is 30.1 Å². The Morgan fingerprint density at radius 2 is 1.52 bits per heavy atom. The molecule has 31 heavy (non-hydrogen) atoms. The van der Waals surface area contributed by atoms with Crippen LogP contribution in [0.4, 0.5) is 11.4 Å². The normalized spacial score (nSPS) is 10.5. The van der Waals surface area contributed by atoms with Crippen LogP contribution in [0.2, 0.25) is 0 Å². The lowest BCUT2D eigenvalue weighted by molar-refractivity contribution is -0.114. The van der Waals surface area contributed by atoms with E-state index in [1.807, 2.05) is 61.5 Å². The van der Waals surface area contributed by atoms with Crippen molar-refractivity contribution in [3.8, 4) is 16.9 Å². The molecule has 1 heterocycles. The summed E-state index contributed by atoms with van der Waals surface area (Å²) in [6, 6.07) is 24.5. The average molecular weight is 410 g/mol. The molecule has 0 saturated heterocycles. The molecule has 4 aromatic rings. The number of aryl methyl sites for hydroxylation is 1. The van der Waals surface area contributed by atoms with E-state index in [4.69, 9.17) is 5.10 Å². The Hall–Kier alpha value is -4.19. The van der Waals surface area contributed by atoms with Crippen LogP contribution < -0.4 is 10.6 Å². The van der Waals surface area contributed by atoms with E-state index in [0.717, 1.165) is 16.8 Å². The highest BCUT2D eigenvalue weighted by Gasteiger charge is 2.20. The highest BCUT2D eigenvalue weighted by molar-refractivity contribution is 6.08. The Morgan fingerprint density at radius 1 is 0.839 bits per heavy atom. The number of nitrogens with zero attached hydrogens (tertiary/aromatic N) is 2. The Bertz CT molecular complexity index is 1250. The third-order valence-corrected chi connectivity index (χ3v) is 4.82. The maximum Gasteiger partial charge on any atom is 0.259 e. The van der Waals surface area contributed by atoms with Gasteiger partial charge in [-0.15, -0.1) is 0 Å². The first-order chi connectivity index (χ1) is 15.0. The first kappa shape index (κ1) is 20.1. The number of amides is 2. The molecule has 0 fully saturated rings. The number of carbonyl (C=O) groups excluding carboxylic acids is 2. The first-order valence-electron chi connectivity index (χ1n) is 9.91. The van der Waals surface area contributed by atoms with Crippen LogP contribution in [0.15, 0.2) is 85.1 Å². The van der Waals surface area contributed by atoms with Crippen LogP contribution in [0.25, 0.3) is 16.9 Å². The summed E-state index contributed by atoms with van der Waals surface area (Å²) < 4.78 is 1.71. The lowest BCUT2D eigenvalue weighted by atomic mass is 10.0. The maximum atomic E-state index is 13.2. The Balaban J connectivity index is 1.73. The number of hydrogen-bond acceptors (Lipinski definition) is 3. The minimum Gasteiger partial charge on any atom is -0.326 e. The molecule has 1 aromatic heterocycles. The minimum atomic E-state index is -0.277. The van der Waals surface area contributed by atoms with Gasteiger partial charge in [-0.3, -0.25) is 9.59 Å². The summed E-state index contributed by atoms with van der Waals surface area (Å²) in [6.07, 6.45) is 1.74. The molecule has 0 aliphatic rings. The monoisotopic (exact) mass is 410 g/mol. The molecule has 6 heteroatoms. The van der Waals surface area contributed by atoms with Crippen molar-refractivity contribution in [1.29, 1.82) is 0 Å². The van der Waals surface area contributed by atoms with E-state index in [-0.39, 0.29) is 11.8 Å². The van der Waals surface area contributed by atoms with Gasteiger partial charge in [0.1, 0.15) is 5.69 Å². The molecule has 2 N–H and O–H groups in total. The quantitative estimate of drug-likeness (QED) is 0.483. The standard InChI is InChI=1S/C25H22N4O2/c1-17-9-6-7-14-22(17)24-23(16-29(28-24)21-12-4-3-5-13-21)25(31)27-20-11-8-10-19(15-20)26-18(2)30/h3-16H,1-2H3,(H,26,30)(H,27,31). The van der Waals surface area contributed by atoms with Crippen LogP contribution in [-0.4, -0.2) is 21.6 Å². The van der Waals surface area contributed by atoms with E-state index in [1.165, 1.54) is 6.92 Å². The highest BCUT2D eigenvalue weighted by Crippen LogP contribution is 2.27. The van der Waals surface area contributed by atoms with Crippen molar-refractivity contribution < 1.29 is 9.59 Å². The molecule has 0 aliphatic heterocycles. The number of aromatic nitrogens is 2. The van der Waals surface area contributed by atoms with Crippen molar-refractivity contribution >= 4 is 23.2 Å². The summed E-state index contributed by atoms with van der Waals surface area (Å²) in [6.45, 7) is 3.44. The summed E-state index contributed by atoms with van der Waals surface area (Å²) in [5.41, 5.74) is 5.06. The Kier molecular flexibility index (Phi) is 5.62. The van der Waals surface area contributed by atoms with Gasteiger partial charge < -0.3 is 10.6 Å². The average Bonchev–Trinajstić information content (AvgIpc) is 3.20. The van der Waals surface area contributed by atoms with Gasteiger partial charge in [-0.2, -0.15) is 5.10 Å². The zero-order valence-corrected chi connectivity index (χ0v) is 17.3. The number of carbonyl (C=O) groups is 2. The fourth-order valence-corrected chi connectivity index (χ4v) is 3.37. The van der Waals surface area contributed by atoms with Crippen molar-refractivity contribution in [2.45, 2.75) is 13.8 Å². The molecular weight excluding hydrogens is 388 g/mol. The maximum absolute atomic E-state index is 13.2. The second-order valence-electron chi connectivity index (χ2n) is 7.20. The molecule has 154 valence electrons. The van der Waals surface area contributed by atoms with E-state index >= 15 is 0 Å². The van der Waals surface area contributed by atoms with Gasteiger partial charge in [0.15, 0.2) is 0 Å². The molecule has 0 bridgehead atoms. The number of hydrogen-bond donors (Lipinski definition) is 2. The van der Waals surface area contributed by atoms with Crippen molar-refractivity contribution in [2.24, 2.45) is 0 Å². The second-order valence-corrected chi connectivity index (χ2v) is 7.20. The summed E-state index contributed by atoms with van der Waals surface area (Å²) in [4.78, 5) is 24.6. The number of para-hydroxylation sites is 1. The zero-order chi connectivity index (χ0) is 21.8. The van der Waals surface area contributed by atoms with Crippen LogP contribution >= 0.6 is 0 Å². The fourth-order valence-electron chi connectivity index (χ4n) is 3.37. The van der Waals surface area contributed by atoms with Crippen molar-refractivity contribution in [3.05, 3.63) is 96.2 Å². The minimum absolute atomic E-state index is 0.172. The molecular formula is C25H22N4O2. The third kappa shape index (κ3) is 4.53. The first-order valence-corrected chi connectivity index (χ1v) is 9.91. The number of rotatable bonds is 5. The van der Waals surface area contributed by atoms with Gasteiger partial charge >= 0.3 is 0 Å². The van der Waals surface area contributed by atoms with E-state index in [0.29, 0.717) is 22.6 Å². The molecule has 6 nitrogen and oxygen atoms in total. The van der Waals surface area contributed by atoms with Gasteiger partial charge in [-0.05, 0) is 42.8 Å². The lowest BCUT2D eigenvalue weighted by Gasteiger charge is -2.09. The van der Waals surface area contributed by atoms with E-state index in [1.54, 1.807) is 35.1 Å². The molecule has 0 unspecified atom stereocenters. The van der Waals surface area contributed by atoms with Crippen LogP contribution in [-0.2, 0) is 4.79 Å². The summed E-state index contributed by atoms with van der Waals surface area (Å²) in [5, 5.41) is 10.4. The highest BCUT2D eigenvalue weighted by atomic mass is 16.2. The van der Waals surface area contributed by atoms with Gasteiger partial charge in [0.05, 0.1) is 11.3 Å². The van der Waals surface area contributed by atoms with Crippen LogP contribution in [0.1, 0.15) is 22.8 Å². The van der Waals surface area contributed by atoms with Gasteiger partial charge in [0.25, 0.3) is 5.91 Å². The SMILES string of the molecule is CC(=O)Nc1cccc(NC(=O)c2cn(-c3ccccc3)nc2-c2ccccc2C)c1. The molecule has 0 saturated carbocycles. The molecule has 2 amide bonds. The van der Waals surface area contributed by atoms with Gasteiger partial charge in [-0.25, -0.2) is 4.68 Å². The lowest BCUT2D eigenvalue weighted by Crippen LogP contribution is -2.13. The summed E-state index contributed by atoms with van der Waals surface area (Å²) in [5.74, 6) is -0.449. The largest absolute Gasteiger partial charge is 0.326 e. The molecule has 0 atom stereocenters. The van der Waals surface area contributed by atoms with E-state index in [2.05, 4.69) is 10.6 Å². The topological polar surface area (TPSA) is 76.0 Å². The van der Waals surface area contributed by atoms with Gasteiger partial charge in [-0.1, -0.05) is 48.5 Å². The molecule has 0 radical (unpaired) electrons. The Labute approximate surface area is 180 Å². The van der Waals surface area contributed by atoms with Crippen molar-refractivity contribution in [2.75, 3.05) is 10.6 Å². The van der Waals surface area contributed by atoms with Gasteiger partial charge in [0.2, 0.25) is 5.91 Å². The number of anilines is 2. The Morgan fingerprint density at radius 3 is 2.23 bits per heavy atom. The molecule has 0 aliphatic carbocycles. The van der Waals surface area contributed by atoms with E-state index in [9.17, 15) is 9.59 Å².